The number of ether oxygens (including phenoxy) is 2. The molecule has 1 amide bonds. The zero-order valence-corrected chi connectivity index (χ0v) is 14.5. The smallest absolute Gasteiger partial charge is 0.307 e. The molecular weight excluding hydrogens is 308 g/mol. The van der Waals surface area contributed by atoms with E-state index in [1.165, 1.54) is 4.90 Å². The van der Waals surface area contributed by atoms with Crippen molar-refractivity contribution in [3.63, 3.8) is 0 Å². The minimum absolute atomic E-state index is 0.106. The van der Waals surface area contributed by atoms with Crippen molar-refractivity contribution < 1.29 is 19.1 Å². The van der Waals surface area contributed by atoms with Crippen LogP contribution in [0.2, 0.25) is 0 Å². The summed E-state index contributed by atoms with van der Waals surface area (Å²) >= 11 is 0. The predicted molar refractivity (Wildman–Crippen MR) is 89.5 cm³/mol. The molecule has 0 atom stereocenters. The van der Waals surface area contributed by atoms with E-state index in [-0.39, 0.29) is 44.4 Å². The summed E-state index contributed by atoms with van der Waals surface area (Å²) < 4.78 is 10.5. The SMILES string of the molecule is CCOC(=O)CCN(CCC#N)C(=O)COc1c(C)cccc1C. The number of carbonyl (C=O) groups is 2. The normalized spacial score (nSPS) is 9.92. The standard InChI is InChI=1S/C18H24N2O4/c1-4-23-17(22)9-12-20(11-6-10-19)16(21)13-24-18-14(2)7-5-8-15(18)3/h5,7-8H,4,6,9,11-13H2,1-3H3. The molecule has 0 saturated carbocycles. The number of hydrogen-bond donors (Lipinski definition) is 0. The van der Waals surface area contributed by atoms with Crippen molar-refractivity contribution in [2.45, 2.75) is 33.6 Å². The lowest BCUT2D eigenvalue weighted by atomic mass is 10.1. The Balaban J connectivity index is 2.63. The molecule has 0 N–H and O–H groups in total. The van der Waals surface area contributed by atoms with Crippen LogP contribution in [0.25, 0.3) is 0 Å². The Bertz CT molecular complexity index is 587. The minimum atomic E-state index is -0.358. The van der Waals surface area contributed by atoms with Gasteiger partial charge in [0.1, 0.15) is 5.75 Å². The maximum atomic E-state index is 12.4. The van der Waals surface area contributed by atoms with E-state index in [2.05, 4.69) is 0 Å². The van der Waals surface area contributed by atoms with Gasteiger partial charge in [-0.05, 0) is 31.9 Å². The summed E-state index contributed by atoms with van der Waals surface area (Å²) in [6.07, 6.45) is 0.312. The number of nitriles is 1. The number of amides is 1. The predicted octanol–water partition coefficient (Wildman–Crippen LogP) is 2.38. The number of hydrogen-bond acceptors (Lipinski definition) is 5. The number of carbonyl (C=O) groups excluding carboxylic acids is 2. The van der Waals surface area contributed by atoms with Crippen LogP contribution in [0.1, 0.15) is 30.9 Å². The number of benzene rings is 1. The van der Waals surface area contributed by atoms with Crippen molar-refractivity contribution in [1.29, 1.82) is 5.26 Å². The van der Waals surface area contributed by atoms with Gasteiger partial charge in [0.2, 0.25) is 0 Å². The van der Waals surface area contributed by atoms with Gasteiger partial charge >= 0.3 is 5.97 Å². The molecule has 24 heavy (non-hydrogen) atoms. The number of para-hydroxylation sites is 1. The van der Waals surface area contributed by atoms with E-state index in [1.54, 1.807) is 6.92 Å². The Morgan fingerprint density at radius 1 is 1.21 bits per heavy atom. The van der Waals surface area contributed by atoms with Crippen LogP contribution in [-0.2, 0) is 14.3 Å². The van der Waals surface area contributed by atoms with Gasteiger partial charge in [0.05, 0.1) is 25.5 Å². The van der Waals surface area contributed by atoms with Gasteiger partial charge in [0, 0.05) is 13.1 Å². The molecule has 0 unspecified atom stereocenters. The van der Waals surface area contributed by atoms with E-state index >= 15 is 0 Å². The molecule has 0 radical (unpaired) electrons. The van der Waals surface area contributed by atoms with E-state index in [9.17, 15) is 9.59 Å². The van der Waals surface area contributed by atoms with Gasteiger partial charge in [-0.15, -0.1) is 0 Å². The zero-order chi connectivity index (χ0) is 17.9. The first-order valence-corrected chi connectivity index (χ1v) is 7.99. The molecule has 0 heterocycles. The topological polar surface area (TPSA) is 79.6 Å². The van der Waals surface area contributed by atoms with Crippen LogP contribution in [-0.4, -0.2) is 43.1 Å². The molecule has 0 aliphatic rings. The molecule has 1 aromatic carbocycles. The molecule has 0 spiro atoms. The largest absolute Gasteiger partial charge is 0.483 e. The summed E-state index contributed by atoms with van der Waals surface area (Å²) in [6, 6.07) is 7.77. The maximum Gasteiger partial charge on any atom is 0.307 e. The number of rotatable bonds is 9. The third kappa shape index (κ3) is 6.29. The maximum absolute atomic E-state index is 12.4. The van der Waals surface area contributed by atoms with Crippen molar-refractivity contribution in [2.24, 2.45) is 0 Å². The summed E-state index contributed by atoms with van der Waals surface area (Å²) in [5.74, 6) is 0.0802. The molecule has 0 aliphatic carbocycles. The fourth-order valence-electron chi connectivity index (χ4n) is 2.26. The molecule has 1 aromatic rings. The van der Waals surface area contributed by atoms with Crippen LogP contribution in [0.3, 0.4) is 0 Å². The molecule has 0 aliphatic heterocycles. The summed E-state index contributed by atoms with van der Waals surface area (Å²) in [7, 11) is 0. The van der Waals surface area contributed by atoms with E-state index in [1.807, 2.05) is 38.1 Å². The van der Waals surface area contributed by atoms with Crippen LogP contribution < -0.4 is 4.74 Å². The summed E-state index contributed by atoms with van der Waals surface area (Å²) in [5, 5.41) is 8.73. The van der Waals surface area contributed by atoms with Crippen molar-refractivity contribution >= 4 is 11.9 Å². The number of aryl methyl sites for hydroxylation is 2. The second-order valence-corrected chi connectivity index (χ2v) is 5.35. The highest BCUT2D eigenvalue weighted by Crippen LogP contribution is 2.22. The summed E-state index contributed by atoms with van der Waals surface area (Å²) in [5.41, 5.74) is 1.91. The van der Waals surface area contributed by atoms with Crippen LogP contribution in [0.15, 0.2) is 18.2 Å². The fraction of sp³-hybridized carbons (Fsp3) is 0.500. The first kappa shape index (κ1) is 19.5. The Kier molecular flexibility index (Phi) is 8.34. The lowest BCUT2D eigenvalue weighted by Gasteiger charge is -2.22. The van der Waals surface area contributed by atoms with Crippen molar-refractivity contribution in [2.75, 3.05) is 26.3 Å². The van der Waals surface area contributed by atoms with Gasteiger partial charge in [0.15, 0.2) is 6.61 Å². The molecule has 0 bridgehead atoms. The molecule has 130 valence electrons. The van der Waals surface area contributed by atoms with E-state index in [0.717, 1.165) is 11.1 Å². The van der Waals surface area contributed by atoms with Crippen LogP contribution >= 0.6 is 0 Å². The minimum Gasteiger partial charge on any atom is -0.483 e. The summed E-state index contributed by atoms with van der Waals surface area (Å²) in [6.45, 7) is 6.23. The van der Waals surface area contributed by atoms with Crippen LogP contribution in [0.5, 0.6) is 5.75 Å². The highest BCUT2D eigenvalue weighted by molar-refractivity contribution is 5.78. The monoisotopic (exact) mass is 332 g/mol. The molecule has 6 heteroatoms. The third-order valence-corrected chi connectivity index (χ3v) is 3.49. The van der Waals surface area contributed by atoms with Crippen molar-refractivity contribution in [1.82, 2.24) is 4.90 Å². The second kappa shape index (κ2) is 10.3. The molecular formula is C18H24N2O4. The van der Waals surface area contributed by atoms with Gasteiger partial charge in [-0.2, -0.15) is 5.26 Å². The molecule has 0 fully saturated rings. The Hall–Kier alpha value is -2.55. The lowest BCUT2D eigenvalue weighted by Crippen LogP contribution is -2.37. The first-order chi connectivity index (χ1) is 11.5. The summed E-state index contributed by atoms with van der Waals surface area (Å²) in [4.78, 5) is 25.3. The van der Waals surface area contributed by atoms with E-state index in [4.69, 9.17) is 14.7 Å². The Morgan fingerprint density at radius 3 is 2.46 bits per heavy atom. The molecule has 0 saturated heterocycles. The molecule has 1 rings (SSSR count). The van der Waals surface area contributed by atoms with E-state index in [0.29, 0.717) is 12.4 Å². The lowest BCUT2D eigenvalue weighted by molar-refractivity contribution is -0.144. The van der Waals surface area contributed by atoms with Crippen molar-refractivity contribution in [3.05, 3.63) is 29.3 Å². The fourth-order valence-corrected chi connectivity index (χ4v) is 2.26. The zero-order valence-electron chi connectivity index (χ0n) is 14.5. The quantitative estimate of drug-likeness (QED) is 0.649. The first-order valence-electron chi connectivity index (χ1n) is 7.99. The van der Waals surface area contributed by atoms with Gasteiger partial charge in [-0.1, -0.05) is 18.2 Å². The highest BCUT2D eigenvalue weighted by atomic mass is 16.5. The van der Waals surface area contributed by atoms with Gasteiger partial charge < -0.3 is 14.4 Å². The Labute approximate surface area is 143 Å². The van der Waals surface area contributed by atoms with Gasteiger partial charge in [-0.3, -0.25) is 9.59 Å². The van der Waals surface area contributed by atoms with Gasteiger partial charge in [0.25, 0.3) is 5.91 Å². The van der Waals surface area contributed by atoms with E-state index < -0.39 is 0 Å². The average Bonchev–Trinajstić information content (AvgIpc) is 2.54. The Morgan fingerprint density at radius 2 is 1.88 bits per heavy atom. The average molecular weight is 332 g/mol. The second-order valence-electron chi connectivity index (χ2n) is 5.35. The third-order valence-electron chi connectivity index (χ3n) is 3.49. The van der Waals surface area contributed by atoms with Crippen LogP contribution in [0.4, 0.5) is 0 Å². The van der Waals surface area contributed by atoms with Crippen LogP contribution in [0, 0.1) is 25.2 Å². The number of nitrogens with zero attached hydrogens (tertiary/aromatic N) is 2. The number of esters is 1. The van der Waals surface area contributed by atoms with Crippen molar-refractivity contribution in [3.8, 4) is 11.8 Å². The molecule has 6 nitrogen and oxygen atoms in total. The van der Waals surface area contributed by atoms with Gasteiger partial charge in [-0.25, -0.2) is 0 Å². The highest BCUT2D eigenvalue weighted by Gasteiger charge is 2.16. The molecule has 0 aromatic heterocycles.